The van der Waals surface area contributed by atoms with E-state index in [4.69, 9.17) is 16.6 Å². The Hall–Kier alpha value is -2.85. The summed E-state index contributed by atoms with van der Waals surface area (Å²) in [5, 5.41) is 13.0. The molecule has 1 aliphatic rings. The third-order valence-corrected chi connectivity index (χ3v) is 6.90. The molecule has 0 bridgehead atoms. The first-order chi connectivity index (χ1) is 16.9. The second-order valence-electron chi connectivity index (χ2n) is 8.78. The van der Waals surface area contributed by atoms with Crippen molar-refractivity contribution >= 4 is 57.7 Å². The molecular weight excluding hydrogens is 486 g/mol. The zero-order valence-corrected chi connectivity index (χ0v) is 21.7. The summed E-state index contributed by atoms with van der Waals surface area (Å²) in [7, 11) is 0. The second-order valence-corrected chi connectivity index (χ2v) is 10.3. The summed E-state index contributed by atoms with van der Waals surface area (Å²) >= 11 is 7.56. The highest BCUT2D eigenvalue weighted by molar-refractivity contribution is 7.99. The van der Waals surface area contributed by atoms with Crippen LogP contribution >= 0.6 is 23.4 Å². The van der Waals surface area contributed by atoms with Crippen LogP contribution in [0.3, 0.4) is 0 Å². The number of amides is 2. The molecule has 1 fully saturated rings. The van der Waals surface area contributed by atoms with Crippen LogP contribution in [0, 0.1) is 5.92 Å². The first-order valence-electron chi connectivity index (χ1n) is 11.8. The molecule has 1 aliphatic heterocycles. The lowest BCUT2D eigenvalue weighted by atomic mass is 10.1. The molecule has 3 aromatic rings. The Balaban J connectivity index is 1.40. The fourth-order valence-electron chi connectivity index (χ4n) is 3.92. The SMILES string of the molecule is CCCSc1nc(NC(C)C)c2cnn(CCNC(=O)C3CC(=O)N(c4ccc(Cl)cc4)C3)c2n1. The number of anilines is 2. The lowest BCUT2D eigenvalue weighted by Crippen LogP contribution is -2.35. The van der Waals surface area contributed by atoms with E-state index in [2.05, 4.69) is 41.5 Å². The first kappa shape index (κ1) is 25.2. The Bertz CT molecular complexity index is 1200. The molecule has 11 heteroatoms. The number of hydrogen-bond donors (Lipinski definition) is 2. The van der Waals surface area contributed by atoms with Crippen LogP contribution in [0.25, 0.3) is 11.0 Å². The summed E-state index contributed by atoms with van der Waals surface area (Å²) in [6, 6.07) is 7.29. The summed E-state index contributed by atoms with van der Waals surface area (Å²) < 4.78 is 1.79. The molecular formula is C24H30ClN7O2S. The molecule has 35 heavy (non-hydrogen) atoms. The van der Waals surface area contributed by atoms with Crippen molar-refractivity contribution in [2.45, 2.75) is 51.4 Å². The Labute approximate surface area is 214 Å². The van der Waals surface area contributed by atoms with Gasteiger partial charge in [-0.05, 0) is 44.5 Å². The predicted octanol–water partition coefficient (Wildman–Crippen LogP) is 3.97. The van der Waals surface area contributed by atoms with E-state index in [1.54, 1.807) is 51.8 Å². The molecule has 0 aliphatic carbocycles. The number of hydrogen-bond acceptors (Lipinski definition) is 7. The van der Waals surface area contributed by atoms with Crippen molar-refractivity contribution in [1.82, 2.24) is 25.1 Å². The fourth-order valence-corrected chi connectivity index (χ4v) is 4.74. The maximum absolute atomic E-state index is 12.8. The van der Waals surface area contributed by atoms with Crippen molar-refractivity contribution in [2.24, 2.45) is 5.92 Å². The van der Waals surface area contributed by atoms with Crippen LogP contribution in [0.5, 0.6) is 0 Å². The van der Waals surface area contributed by atoms with Crippen molar-refractivity contribution in [3.63, 3.8) is 0 Å². The van der Waals surface area contributed by atoms with Crippen LogP contribution in [-0.2, 0) is 16.1 Å². The molecule has 1 unspecified atom stereocenters. The normalized spacial score (nSPS) is 15.9. The van der Waals surface area contributed by atoms with Gasteiger partial charge in [-0.1, -0.05) is 30.3 Å². The first-order valence-corrected chi connectivity index (χ1v) is 13.2. The Morgan fingerprint density at radius 3 is 2.74 bits per heavy atom. The monoisotopic (exact) mass is 515 g/mol. The number of halogens is 1. The summed E-state index contributed by atoms with van der Waals surface area (Å²) in [5.41, 5.74) is 1.49. The average molecular weight is 516 g/mol. The van der Waals surface area contributed by atoms with E-state index in [-0.39, 0.29) is 24.3 Å². The van der Waals surface area contributed by atoms with Gasteiger partial charge in [-0.25, -0.2) is 14.6 Å². The number of nitrogens with zero attached hydrogens (tertiary/aromatic N) is 5. The molecule has 9 nitrogen and oxygen atoms in total. The Kier molecular flexibility index (Phi) is 8.12. The molecule has 1 aromatic carbocycles. The van der Waals surface area contributed by atoms with Gasteiger partial charge in [-0.15, -0.1) is 0 Å². The van der Waals surface area contributed by atoms with Gasteiger partial charge in [0, 0.05) is 42.0 Å². The lowest BCUT2D eigenvalue weighted by Gasteiger charge is -2.16. The standard InChI is InChI=1S/C24H30ClN7O2S/c1-4-11-35-24-29-21(28-15(2)3)19-13-27-32(22(19)30-24)10-9-26-23(34)16-12-20(33)31(14-16)18-7-5-17(25)6-8-18/h5-8,13,15-16H,4,9-12,14H2,1-3H3,(H,26,34)(H,28,29,30). The van der Waals surface area contributed by atoms with Gasteiger partial charge in [0.1, 0.15) is 5.82 Å². The minimum Gasteiger partial charge on any atom is -0.367 e. The third-order valence-electron chi connectivity index (χ3n) is 5.59. The molecule has 4 rings (SSSR count). The van der Waals surface area contributed by atoms with Crippen molar-refractivity contribution < 1.29 is 9.59 Å². The van der Waals surface area contributed by atoms with E-state index in [0.29, 0.717) is 29.8 Å². The van der Waals surface area contributed by atoms with Crippen molar-refractivity contribution in [3.8, 4) is 0 Å². The number of rotatable bonds is 10. The number of benzene rings is 1. The van der Waals surface area contributed by atoms with Gasteiger partial charge in [-0.3, -0.25) is 9.59 Å². The molecule has 0 radical (unpaired) electrons. The zero-order valence-electron chi connectivity index (χ0n) is 20.1. The van der Waals surface area contributed by atoms with Crippen molar-refractivity contribution in [3.05, 3.63) is 35.5 Å². The average Bonchev–Trinajstić information content (AvgIpc) is 3.41. The Morgan fingerprint density at radius 1 is 1.26 bits per heavy atom. The van der Waals surface area contributed by atoms with Gasteiger partial charge in [0.15, 0.2) is 10.8 Å². The van der Waals surface area contributed by atoms with Crippen LogP contribution < -0.4 is 15.5 Å². The smallest absolute Gasteiger partial charge is 0.227 e. The van der Waals surface area contributed by atoms with Crippen LogP contribution in [0.2, 0.25) is 5.02 Å². The molecule has 2 N–H and O–H groups in total. The molecule has 0 saturated carbocycles. The van der Waals surface area contributed by atoms with Gasteiger partial charge in [-0.2, -0.15) is 5.10 Å². The number of nitrogens with one attached hydrogen (secondary N) is 2. The molecule has 2 amide bonds. The van der Waals surface area contributed by atoms with E-state index >= 15 is 0 Å². The summed E-state index contributed by atoms with van der Waals surface area (Å²) in [4.78, 5) is 36.3. The summed E-state index contributed by atoms with van der Waals surface area (Å²) in [5.74, 6) is 1.11. The quantitative estimate of drug-likeness (QED) is 0.311. The van der Waals surface area contributed by atoms with E-state index in [0.717, 1.165) is 34.7 Å². The second kappa shape index (κ2) is 11.3. The molecule has 186 valence electrons. The van der Waals surface area contributed by atoms with E-state index in [1.807, 2.05) is 0 Å². The Morgan fingerprint density at radius 2 is 2.03 bits per heavy atom. The van der Waals surface area contributed by atoms with Gasteiger partial charge in [0.05, 0.1) is 24.0 Å². The molecule has 0 spiro atoms. The zero-order chi connectivity index (χ0) is 24.9. The van der Waals surface area contributed by atoms with Gasteiger partial charge >= 0.3 is 0 Å². The van der Waals surface area contributed by atoms with Gasteiger partial charge in [0.2, 0.25) is 11.8 Å². The van der Waals surface area contributed by atoms with Crippen LogP contribution in [0.1, 0.15) is 33.6 Å². The topological polar surface area (TPSA) is 105 Å². The minimum absolute atomic E-state index is 0.0652. The predicted molar refractivity (Wildman–Crippen MR) is 140 cm³/mol. The van der Waals surface area contributed by atoms with Crippen molar-refractivity contribution in [2.75, 3.05) is 29.1 Å². The van der Waals surface area contributed by atoms with Crippen LogP contribution in [0.15, 0.2) is 35.6 Å². The largest absolute Gasteiger partial charge is 0.367 e. The number of thioether (sulfide) groups is 1. The molecule has 1 atom stereocenters. The lowest BCUT2D eigenvalue weighted by molar-refractivity contribution is -0.126. The highest BCUT2D eigenvalue weighted by atomic mass is 35.5. The minimum atomic E-state index is -0.395. The van der Waals surface area contributed by atoms with E-state index < -0.39 is 5.92 Å². The highest BCUT2D eigenvalue weighted by Crippen LogP contribution is 2.27. The van der Waals surface area contributed by atoms with E-state index in [1.165, 1.54) is 0 Å². The summed E-state index contributed by atoms with van der Waals surface area (Å²) in [6.07, 6.45) is 2.98. The molecule has 3 heterocycles. The number of fused-ring (bicyclic) bond motifs is 1. The molecule has 1 saturated heterocycles. The maximum Gasteiger partial charge on any atom is 0.227 e. The molecule has 2 aromatic heterocycles. The van der Waals surface area contributed by atoms with Gasteiger partial charge in [0.25, 0.3) is 0 Å². The third kappa shape index (κ3) is 6.05. The highest BCUT2D eigenvalue weighted by Gasteiger charge is 2.35. The summed E-state index contributed by atoms with van der Waals surface area (Å²) in [6.45, 7) is 7.45. The van der Waals surface area contributed by atoms with Gasteiger partial charge < -0.3 is 15.5 Å². The maximum atomic E-state index is 12.8. The number of carbonyl (C=O) groups excluding carboxylic acids is 2. The van der Waals surface area contributed by atoms with Crippen LogP contribution in [0.4, 0.5) is 11.5 Å². The fraction of sp³-hybridized carbons (Fsp3) is 0.458. The van der Waals surface area contributed by atoms with E-state index in [9.17, 15) is 9.59 Å². The van der Waals surface area contributed by atoms with Crippen molar-refractivity contribution in [1.29, 1.82) is 0 Å². The number of carbonyl (C=O) groups is 2. The van der Waals surface area contributed by atoms with Crippen LogP contribution in [-0.4, -0.2) is 56.4 Å². The number of aromatic nitrogens is 4.